The van der Waals surface area contributed by atoms with Gasteiger partial charge in [0, 0.05) is 58.1 Å². The van der Waals surface area contributed by atoms with Gasteiger partial charge in [-0.15, -0.1) is 0 Å². The van der Waals surface area contributed by atoms with Crippen LogP contribution < -0.4 is 5.73 Å². The number of hydrogen-bond acceptors (Lipinski definition) is 3. The summed E-state index contributed by atoms with van der Waals surface area (Å²) in [5.74, 6) is -0.184. The van der Waals surface area contributed by atoms with Crippen LogP contribution >= 0.6 is 0 Å². The number of aromatic nitrogens is 1. The Morgan fingerprint density at radius 3 is 2.90 bits per heavy atom. The fourth-order valence-electron chi connectivity index (χ4n) is 4.88. The number of amides is 1. The summed E-state index contributed by atoms with van der Waals surface area (Å²) in [7, 11) is 2.11. The molecule has 1 amide bonds. The second-order valence-corrected chi connectivity index (χ2v) is 8.53. The third-order valence-electron chi connectivity index (χ3n) is 6.46. The van der Waals surface area contributed by atoms with Crippen molar-refractivity contribution in [1.29, 1.82) is 0 Å². The fraction of sp³-hybridized carbons (Fsp3) is 0.542. The van der Waals surface area contributed by atoms with Crippen molar-refractivity contribution in [3.05, 3.63) is 41.6 Å². The monoisotopic (exact) mass is 396 g/mol. The first kappa shape index (κ1) is 17.7. The molecule has 0 radical (unpaired) electrons. The van der Waals surface area contributed by atoms with Crippen LogP contribution in [0.25, 0.3) is 16.5 Å². The van der Waals surface area contributed by atoms with E-state index in [-0.39, 0.29) is 37.7 Å². The van der Waals surface area contributed by atoms with Gasteiger partial charge >= 0.3 is 0 Å². The van der Waals surface area contributed by atoms with Gasteiger partial charge in [0.1, 0.15) is 0 Å². The first-order chi connectivity index (χ1) is 14.9. The third kappa shape index (κ3) is 3.51. The number of carbonyl (C=O) groups is 1. The van der Waals surface area contributed by atoms with Crippen LogP contribution in [-0.4, -0.2) is 59.0 Å². The van der Waals surface area contributed by atoms with Crippen molar-refractivity contribution in [1.82, 2.24) is 14.4 Å². The molecule has 2 aromatic rings. The standard InChI is InChI=1S/C24H34N4O/c1-5-27(6-2)24(29)18-12-20-19-8-7-9-21-23(19)17(13-22(20)26(4)14-18)15-28(21)11-10-16(3)25/h7-9,12,15-16,18,22H,5-6,10-11,13-14,25H2,1-4H3/t16?,18-,22-/m1/s1/i1D,2D. The van der Waals surface area contributed by atoms with Crippen LogP contribution in [0.2, 0.25) is 0 Å². The van der Waals surface area contributed by atoms with Crippen LogP contribution in [0.3, 0.4) is 0 Å². The summed E-state index contributed by atoms with van der Waals surface area (Å²) in [6.45, 7) is 4.77. The minimum absolute atomic E-state index is 0.0461. The Morgan fingerprint density at radius 2 is 2.17 bits per heavy atom. The van der Waals surface area contributed by atoms with Gasteiger partial charge in [-0.05, 0) is 63.4 Å². The predicted octanol–water partition coefficient (Wildman–Crippen LogP) is 3.12. The van der Waals surface area contributed by atoms with Crippen LogP contribution in [-0.2, 0) is 17.8 Å². The second kappa shape index (κ2) is 7.96. The lowest BCUT2D eigenvalue weighted by Gasteiger charge is -2.40. The molecule has 2 aliphatic rings. The molecular formula is C24H34N4O. The number of nitrogens with two attached hydrogens (primary N) is 1. The zero-order valence-corrected chi connectivity index (χ0v) is 17.6. The maximum absolute atomic E-state index is 13.2. The van der Waals surface area contributed by atoms with Crippen LogP contribution in [0, 0.1) is 5.92 Å². The molecule has 0 bridgehead atoms. The van der Waals surface area contributed by atoms with Gasteiger partial charge in [0.05, 0.1) is 5.92 Å². The van der Waals surface area contributed by atoms with E-state index >= 15 is 0 Å². The van der Waals surface area contributed by atoms with Gasteiger partial charge in [-0.3, -0.25) is 9.69 Å². The Labute approximate surface area is 177 Å². The molecule has 0 spiro atoms. The molecule has 1 unspecified atom stereocenters. The molecule has 5 heteroatoms. The molecular weight excluding hydrogens is 360 g/mol. The Balaban J connectivity index is 1.72. The topological polar surface area (TPSA) is 54.5 Å². The summed E-state index contributed by atoms with van der Waals surface area (Å²) in [6, 6.07) is 6.93. The number of aryl methyl sites for hydroxylation is 1. The third-order valence-corrected chi connectivity index (χ3v) is 6.46. The van der Waals surface area contributed by atoms with Crippen LogP contribution in [0.15, 0.2) is 30.5 Å². The van der Waals surface area contributed by atoms with E-state index in [0.29, 0.717) is 19.6 Å². The Kier molecular flexibility index (Phi) is 4.86. The first-order valence-corrected chi connectivity index (χ1v) is 10.6. The van der Waals surface area contributed by atoms with Gasteiger partial charge in [0.15, 0.2) is 0 Å². The van der Waals surface area contributed by atoms with Crippen molar-refractivity contribution < 1.29 is 7.54 Å². The normalized spacial score (nSPS) is 23.2. The van der Waals surface area contributed by atoms with Crippen molar-refractivity contribution in [3.8, 4) is 0 Å². The second-order valence-electron chi connectivity index (χ2n) is 8.53. The number of nitrogens with zero attached hydrogens (tertiary/aromatic N) is 3. The van der Waals surface area contributed by atoms with E-state index in [1.165, 1.54) is 27.6 Å². The molecule has 5 nitrogen and oxygen atoms in total. The lowest BCUT2D eigenvalue weighted by molar-refractivity contribution is -0.134. The molecule has 3 atom stereocenters. The molecule has 0 fully saturated rings. The zero-order valence-electron chi connectivity index (χ0n) is 19.6. The Bertz CT molecular complexity index is 977. The van der Waals surface area contributed by atoms with E-state index in [1.54, 1.807) is 4.90 Å². The first-order valence-electron chi connectivity index (χ1n) is 12.0. The average Bonchev–Trinajstić information content (AvgIpc) is 3.11. The van der Waals surface area contributed by atoms with Crippen molar-refractivity contribution in [2.75, 3.05) is 26.7 Å². The van der Waals surface area contributed by atoms with Gasteiger partial charge in [0.2, 0.25) is 5.91 Å². The maximum atomic E-state index is 13.2. The average molecular weight is 397 g/mol. The molecule has 0 saturated carbocycles. The summed E-state index contributed by atoms with van der Waals surface area (Å²) >= 11 is 0. The summed E-state index contributed by atoms with van der Waals surface area (Å²) < 4.78 is 17.4. The number of hydrogen-bond donors (Lipinski definition) is 1. The van der Waals surface area contributed by atoms with Gasteiger partial charge in [-0.1, -0.05) is 18.2 Å². The van der Waals surface area contributed by atoms with Gasteiger partial charge in [0.25, 0.3) is 0 Å². The number of rotatable bonds is 6. The molecule has 0 saturated heterocycles. The molecule has 1 aliphatic heterocycles. The molecule has 2 N–H and O–H groups in total. The number of fused-ring (bicyclic) bond motifs is 2. The van der Waals surface area contributed by atoms with E-state index < -0.39 is 0 Å². The summed E-state index contributed by atoms with van der Waals surface area (Å²) in [4.78, 5) is 17.2. The van der Waals surface area contributed by atoms with Crippen LogP contribution in [0.1, 0.15) is 41.0 Å². The molecule has 29 heavy (non-hydrogen) atoms. The van der Waals surface area contributed by atoms with Crippen molar-refractivity contribution >= 4 is 22.4 Å². The Morgan fingerprint density at radius 1 is 1.38 bits per heavy atom. The molecule has 4 rings (SSSR count). The summed E-state index contributed by atoms with van der Waals surface area (Å²) in [6.07, 6.45) is 6.36. The van der Waals surface area contributed by atoms with Crippen molar-refractivity contribution in [3.63, 3.8) is 0 Å². The Hall–Kier alpha value is -2.11. The number of carbonyl (C=O) groups excluding carboxylic acids is 1. The van der Waals surface area contributed by atoms with Crippen LogP contribution in [0.4, 0.5) is 0 Å². The highest BCUT2D eigenvalue weighted by molar-refractivity contribution is 5.99. The van der Waals surface area contributed by atoms with Crippen molar-refractivity contribution in [2.24, 2.45) is 11.7 Å². The predicted molar refractivity (Wildman–Crippen MR) is 120 cm³/mol. The van der Waals surface area contributed by atoms with Crippen molar-refractivity contribution in [2.45, 2.75) is 52.2 Å². The van der Waals surface area contributed by atoms with E-state index in [2.05, 4.69) is 47.0 Å². The summed E-state index contributed by atoms with van der Waals surface area (Å²) in [5, 5.41) is 1.31. The fourth-order valence-corrected chi connectivity index (χ4v) is 4.88. The van der Waals surface area contributed by atoms with Gasteiger partial charge < -0.3 is 15.2 Å². The van der Waals surface area contributed by atoms with Gasteiger partial charge in [-0.25, -0.2) is 0 Å². The van der Waals surface area contributed by atoms with E-state index in [0.717, 1.165) is 19.4 Å². The highest BCUT2D eigenvalue weighted by atomic mass is 16.2. The molecule has 1 aromatic heterocycles. The quantitative estimate of drug-likeness (QED) is 0.816. The SMILES string of the molecule is [2H]CCN(CC[2H])C(=O)[C@@H]1C=C2c3cccc4c3c(cn4CCC(C)N)C[C@H]2N(C)C1. The molecule has 1 aliphatic carbocycles. The smallest absolute Gasteiger partial charge is 0.230 e. The minimum atomic E-state index is -0.230. The highest BCUT2D eigenvalue weighted by Crippen LogP contribution is 2.41. The number of likely N-dealkylation sites (N-methyl/N-ethyl adjacent to an activating group) is 1. The molecule has 2 heterocycles. The van der Waals surface area contributed by atoms with E-state index in [4.69, 9.17) is 8.48 Å². The molecule has 156 valence electrons. The zero-order chi connectivity index (χ0) is 22.1. The largest absolute Gasteiger partial charge is 0.347 e. The lowest BCUT2D eigenvalue weighted by Crippen LogP contribution is -2.47. The van der Waals surface area contributed by atoms with Gasteiger partial charge in [-0.2, -0.15) is 0 Å². The van der Waals surface area contributed by atoms with E-state index in [9.17, 15) is 4.79 Å². The minimum Gasteiger partial charge on any atom is -0.347 e. The molecule has 1 aromatic carbocycles. The number of benzene rings is 1. The highest BCUT2D eigenvalue weighted by Gasteiger charge is 2.36. The van der Waals surface area contributed by atoms with E-state index in [1.807, 2.05) is 6.92 Å². The lowest BCUT2D eigenvalue weighted by atomic mass is 9.79. The van der Waals surface area contributed by atoms with Crippen LogP contribution in [0.5, 0.6) is 0 Å². The summed E-state index contributed by atoms with van der Waals surface area (Å²) in [5.41, 5.74) is 11.1. The maximum Gasteiger partial charge on any atom is 0.230 e.